The van der Waals surface area contributed by atoms with Crippen LogP contribution in [0.4, 0.5) is 21.6 Å². The fourth-order valence-electron chi connectivity index (χ4n) is 3.60. The topological polar surface area (TPSA) is 71.2 Å². The number of hydrogen-bond donors (Lipinski definition) is 2. The predicted octanol–water partition coefficient (Wildman–Crippen LogP) is 3.79. The highest BCUT2D eigenvalue weighted by Gasteiger charge is 2.28. The molecule has 0 radical (unpaired) electrons. The molecule has 4 rings (SSSR count). The minimum absolute atomic E-state index is 0.0905. The van der Waals surface area contributed by atoms with Gasteiger partial charge in [0.25, 0.3) is 5.91 Å². The molecule has 3 N–H and O–H groups in total. The lowest BCUT2D eigenvalue weighted by Crippen LogP contribution is -2.38. The molecule has 1 aliphatic carbocycles. The summed E-state index contributed by atoms with van der Waals surface area (Å²) in [4.78, 5) is 19.1. The molecule has 3 aromatic rings. The Labute approximate surface area is 163 Å². The number of anilines is 3. The van der Waals surface area contributed by atoms with Gasteiger partial charge in [0.05, 0.1) is 0 Å². The first-order chi connectivity index (χ1) is 13.5. The monoisotopic (exact) mass is 376 g/mol. The summed E-state index contributed by atoms with van der Waals surface area (Å²) >= 11 is 0. The third kappa shape index (κ3) is 3.67. The molecule has 0 saturated heterocycles. The van der Waals surface area contributed by atoms with Crippen LogP contribution >= 0.6 is 0 Å². The van der Waals surface area contributed by atoms with Crippen LogP contribution in [-0.2, 0) is 12.8 Å². The Morgan fingerprint density at radius 1 is 1.11 bits per heavy atom. The average molecular weight is 376 g/mol. The number of halogens is 1. The van der Waals surface area contributed by atoms with Gasteiger partial charge in [-0.2, -0.15) is 0 Å². The number of hydrogen-bond acceptors (Lipinski definition) is 4. The van der Waals surface area contributed by atoms with Crippen LogP contribution in [0.5, 0.6) is 0 Å². The van der Waals surface area contributed by atoms with Crippen molar-refractivity contribution in [2.45, 2.75) is 18.9 Å². The smallest absolute Gasteiger partial charge is 0.272 e. The van der Waals surface area contributed by atoms with E-state index in [9.17, 15) is 9.18 Å². The summed E-state index contributed by atoms with van der Waals surface area (Å²) in [6, 6.07) is 17.6. The molecule has 0 spiro atoms. The molecule has 1 aromatic heterocycles. The van der Waals surface area contributed by atoms with Gasteiger partial charge in [0.2, 0.25) is 0 Å². The van der Waals surface area contributed by atoms with Crippen LogP contribution in [0.1, 0.15) is 21.6 Å². The molecular formula is C22H21FN4O. The number of benzene rings is 2. The van der Waals surface area contributed by atoms with E-state index in [4.69, 9.17) is 5.73 Å². The van der Waals surface area contributed by atoms with Crippen LogP contribution in [0.15, 0.2) is 60.7 Å². The quantitative estimate of drug-likeness (QED) is 0.727. The zero-order valence-electron chi connectivity index (χ0n) is 15.5. The van der Waals surface area contributed by atoms with E-state index in [1.165, 1.54) is 23.3 Å². The second kappa shape index (κ2) is 7.31. The van der Waals surface area contributed by atoms with Crippen molar-refractivity contribution in [1.82, 2.24) is 9.88 Å². The van der Waals surface area contributed by atoms with E-state index in [0.717, 1.165) is 12.8 Å². The lowest BCUT2D eigenvalue weighted by atomic mass is 10.1. The number of likely N-dealkylation sites (N-methyl/N-ethyl adjacent to an activating group) is 1. The second-order valence-electron chi connectivity index (χ2n) is 7.05. The van der Waals surface area contributed by atoms with Crippen LogP contribution < -0.4 is 11.1 Å². The molecule has 1 heterocycles. The Morgan fingerprint density at radius 3 is 2.50 bits per heavy atom. The summed E-state index contributed by atoms with van der Waals surface area (Å²) in [5.41, 5.74) is 9.75. The number of carbonyl (C=O) groups is 1. The Morgan fingerprint density at radius 2 is 1.82 bits per heavy atom. The zero-order chi connectivity index (χ0) is 19.7. The fraction of sp³-hybridized carbons (Fsp3) is 0.182. The van der Waals surface area contributed by atoms with E-state index in [0.29, 0.717) is 17.2 Å². The van der Waals surface area contributed by atoms with E-state index in [-0.39, 0.29) is 23.5 Å². The third-order valence-corrected chi connectivity index (χ3v) is 5.06. The highest BCUT2D eigenvalue weighted by atomic mass is 19.1. The first-order valence-corrected chi connectivity index (χ1v) is 9.14. The van der Waals surface area contributed by atoms with Crippen LogP contribution in [0.2, 0.25) is 0 Å². The molecule has 0 bridgehead atoms. The van der Waals surface area contributed by atoms with Crippen molar-refractivity contribution >= 4 is 23.1 Å². The summed E-state index contributed by atoms with van der Waals surface area (Å²) in [6.07, 6.45) is 1.66. The summed E-state index contributed by atoms with van der Waals surface area (Å²) < 4.78 is 13.4. The van der Waals surface area contributed by atoms with Gasteiger partial charge >= 0.3 is 0 Å². The van der Waals surface area contributed by atoms with E-state index in [1.54, 1.807) is 36.2 Å². The van der Waals surface area contributed by atoms with E-state index < -0.39 is 0 Å². The molecule has 0 aliphatic heterocycles. The number of nitrogens with two attached hydrogens (primary N) is 1. The van der Waals surface area contributed by atoms with Gasteiger partial charge in [0.15, 0.2) is 0 Å². The number of aromatic nitrogens is 1. The normalized spacial score (nSPS) is 13.2. The van der Waals surface area contributed by atoms with Crippen molar-refractivity contribution in [2.75, 3.05) is 18.1 Å². The molecule has 1 amide bonds. The SMILES string of the molecule is CN(C(=O)c1cc(N)cc(Nc2cccc(F)c2)n1)C1Cc2ccccc2C1. The van der Waals surface area contributed by atoms with Crippen molar-refractivity contribution in [2.24, 2.45) is 0 Å². The minimum Gasteiger partial charge on any atom is -0.399 e. The molecule has 5 nitrogen and oxygen atoms in total. The molecule has 6 heteroatoms. The van der Waals surface area contributed by atoms with Crippen molar-refractivity contribution < 1.29 is 9.18 Å². The Kier molecular flexibility index (Phi) is 4.69. The van der Waals surface area contributed by atoms with E-state index in [1.807, 2.05) is 12.1 Å². The maximum atomic E-state index is 13.4. The summed E-state index contributed by atoms with van der Waals surface area (Å²) in [5, 5.41) is 3.00. The van der Waals surface area contributed by atoms with Crippen molar-refractivity contribution in [3.05, 3.63) is 83.3 Å². The highest BCUT2D eigenvalue weighted by molar-refractivity contribution is 5.94. The summed E-state index contributed by atoms with van der Waals surface area (Å²) in [5.74, 6) is -0.143. The van der Waals surface area contributed by atoms with Crippen molar-refractivity contribution in [3.8, 4) is 0 Å². The molecule has 0 fully saturated rings. The van der Waals surface area contributed by atoms with Gasteiger partial charge in [0, 0.05) is 30.5 Å². The molecule has 0 saturated carbocycles. The number of nitrogens with one attached hydrogen (secondary N) is 1. The summed E-state index contributed by atoms with van der Waals surface area (Å²) in [6.45, 7) is 0. The van der Waals surface area contributed by atoms with Crippen LogP contribution in [0, 0.1) is 5.82 Å². The lowest BCUT2D eigenvalue weighted by Gasteiger charge is -2.24. The standard InChI is InChI=1S/C22H21FN4O/c1-27(19-9-14-5-2-3-6-15(14)10-19)22(28)20-12-17(24)13-21(26-20)25-18-8-4-7-16(23)11-18/h2-8,11-13,19H,9-10H2,1H3,(H3,24,25,26). The first kappa shape index (κ1) is 18.0. The number of nitrogen functional groups attached to an aromatic ring is 1. The minimum atomic E-state index is -0.356. The Balaban J connectivity index is 1.53. The molecule has 0 atom stereocenters. The maximum Gasteiger partial charge on any atom is 0.272 e. The van der Waals surface area contributed by atoms with Gasteiger partial charge in [-0.1, -0.05) is 30.3 Å². The van der Waals surface area contributed by atoms with Gasteiger partial charge in [-0.3, -0.25) is 4.79 Å². The van der Waals surface area contributed by atoms with Crippen LogP contribution in [0.3, 0.4) is 0 Å². The number of pyridine rings is 1. The zero-order valence-corrected chi connectivity index (χ0v) is 15.5. The van der Waals surface area contributed by atoms with Crippen LogP contribution in [0.25, 0.3) is 0 Å². The van der Waals surface area contributed by atoms with Gasteiger partial charge in [0.1, 0.15) is 17.3 Å². The fourth-order valence-corrected chi connectivity index (χ4v) is 3.60. The number of carbonyl (C=O) groups excluding carboxylic acids is 1. The molecular weight excluding hydrogens is 355 g/mol. The maximum absolute atomic E-state index is 13.4. The number of nitrogens with zero attached hydrogens (tertiary/aromatic N) is 2. The Hall–Kier alpha value is -3.41. The van der Waals surface area contributed by atoms with Gasteiger partial charge in [-0.15, -0.1) is 0 Å². The van der Waals surface area contributed by atoms with E-state index >= 15 is 0 Å². The molecule has 142 valence electrons. The largest absolute Gasteiger partial charge is 0.399 e. The average Bonchev–Trinajstić information content (AvgIpc) is 3.10. The predicted molar refractivity (Wildman–Crippen MR) is 108 cm³/mol. The lowest BCUT2D eigenvalue weighted by molar-refractivity contribution is 0.0732. The molecule has 28 heavy (non-hydrogen) atoms. The number of fused-ring (bicyclic) bond motifs is 1. The third-order valence-electron chi connectivity index (χ3n) is 5.06. The van der Waals surface area contributed by atoms with Gasteiger partial charge < -0.3 is 16.0 Å². The van der Waals surface area contributed by atoms with Gasteiger partial charge in [-0.05, 0) is 48.2 Å². The second-order valence-corrected chi connectivity index (χ2v) is 7.05. The van der Waals surface area contributed by atoms with Crippen molar-refractivity contribution in [3.63, 3.8) is 0 Å². The Bertz CT molecular complexity index is 1010. The highest BCUT2D eigenvalue weighted by Crippen LogP contribution is 2.26. The van der Waals surface area contributed by atoms with Crippen molar-refractivity contribution in [1.29, 1.82) is 0 Å². The summed E-state index contributed by atoms with van der Waals surface area (Å²) in [7, 11) is 1.80. The molecule has 2 aromatic carbocycles. The van der Waals surface area contributed by atoms with Crippen LogP contribution in [-0.4, -0.2) is 28.9 Å². The molecule has 0 unspecified atom stereocenters. The van der Waals surface area contributed by atoms with E-state index in [2.05, 4.69) is 22.4 Å². The number of amides is 1. The van der Waals surface area contributed by atoms with Gasteiger partial charge in [-0.25, -0.2) is 9.37 Å². The first-order valence-electron chi connectivity index (χ1n) is 9.14. The number of rotatable bonds is 4. The molecule has 1 aliphatic rings.